The van der Waals surface area contributed by atoms with Crippen molar-refractivity contribution in [3.63, 3.8) is 0 Å². The van der Waals surface area contributed by atoms with Gasteiger partial charge in [0, 0.05) is 13.1 Å². The number of benzene rings is 1. The van der Waals surface area contributed by atoms with Crippen molar-refractivity contribution < 1.29 is 19.1 Å². The van der Waals surface area contributed by atoms with Gasteiger partial charge < -0.3 is 20.1 Å². The molecule has 1 fully saturated rings. The lowest BCUT2D eigenvalue weighted by atomic mass is 9.90. The lowest BCUT2D eigenvalue weighted by Crippen LogP contribution is -2.46. The minimum absolute atomic E-state index is 0.0469. The molecule has 1 atom stereocenters. The van der Waals surface area contributed by atoms with Gasteiger partial charge in [0.1, 0.15) is 12.6 Å². The predicted octanol–water partition coefficient (Wildman–Crippen LogP) is 1.54. The first kappa shape index (κ1) is 16.3. The molecule has 6 nitrogen and oxygen atoms in total. The summed E-state index contributed by atoms with van der Waals surface area (Å²) in [5.41, 5.74) is 6.81. The van der Waals surface area contributed by atoms with E-state index in [1.807, 2.05) is 30.3 Å². The van der Waals surface area contributed by atoms with Gasteiger partial charge in [0.15, 0.2) is 0 Å². The van der Waals surface area contributed by atoms with Crippen LogP contribution in [0.2, 0.25) is 0 Å². The number of methoxy groups -OCH3 is 1. The second-order valence-corrected chi connectivity index (χ2v) is 5.41. The zero-order valence-electron chi connectivity index (χ0n) is 12.7. The van der Waals surface area contributed by atoms with Gasteiger partial charge in [-0.05, 0) is 24.3 Å². The summed E-state index contributed by atoms with van der Waals surface area (Å²) in [6.07, 6.45) is 1.03. The van der Waals surface area contributed by atoms with E-state index in [0.717, 1.165) is 5.56 Å². The summed E-state index contributed by atoms with van der Waals surface area (Å²) >= 11 is 0. The van der Waals surface area contributed by atoms with Gasteiger partial charge in [-0.3, -0.25) is 4.79 Å². The number of carbonyl (C=O) groups is 2. The van der Waals surface area contributed by atoms with E-state index < -0.39 is 12.0 Å². The summed E-state index contributed by atoms with van der Waals surface area (Å²) < 4.78 is 9.95. The van der Waals surface area contributed by atoms with E-state index in [1.165, 1.54) is 7.11 Å². The number of hydrogen-bond acceptors (Lipinski definition) is 5. The Hall–Kier alpha value is -2.08. The predicted molar refractivity (Wildman–Crippen MR) is 80.9 cm³/mol. The van der Waals surface area contributed by atoms with Crippen LogP contribution in [0.3, 0.4) is 0 Å². The van der Waals surface area contributed by atoms with Crippen LogP contribution >= 0.6 is 0 Å². The smallest absolute Gasteiger partial charge is 0.410 e. The Bertz CT molecular complexity index is 498. The van der Waals surface area contributed by atoms with Crippen LogP contribution in [0, 0.1) is 5.92 Å². The normalized spacial score (nSPS) is 16.9. The van der Waals surface area contributed by atoms with E-state index in [9.17, 15) is 9.59 Å². The average molecular weight is 306 g/mol. The van der Waals surface area contributed by atoms with Gasteiger partial charge in [-0.15, -0.1) is 0 Å². The minimum atomic E-state index is -0.618. The Morgan fingerprint density at radius 3 is 2.50 bits per heavy atom. The number of amides is 1. The molecule has 120 valence electrons. The molecule has 0 bridgehead atoms. The molecule has 6 heteroatoms. The molecule has 1 aliphatic rings. The van der Waals surface area contributed by atoms with Crippen LogP contribution in [0.25, 0.3) is 0 Å². The molecule has 0 radical (unpaired) electrons. The Morgan fingerprint density at radius 2 is 1.91 bits per heavy atom. The topological polar surface area (TPSA) is 81.9 Å². The van der Waals surface area contributed by atoms with Crippen molar-refractivity contribution in [2.75, 3.05) is 20.2 Å². The number of nitrogens with zero attached hydrogens (tertiary/aromatic N) is 1. The van der Waals surface area contributed by atoms with Crippen LogP contribution in [0.5, 0.6) is 0 Å². The molecule has 1 unspecified atom stereocenters. The van der Waals surface area contributed by atoms with Crippen molar-refractivity contribution in [3.05, 3.63) is 35.9 Å². The summed E-state index contributed by atoms with van der Waals surface area (Å²) in [5.74, 6) is -0.351. The lowest BCUT2D eigenvalue weighted by molar-refractivity contribution is -0.143. The standard InChI is InChI=1S/C16H22N2O4/c1-21-15(19)14(17)13-7-9-18(10-8-13)16(20)22-11-12-5-3-2-4-6-12/h2-6,13-14H,7-11,17H2,1H3. The Balaban J connectivity index is 1.76. The number of piperidine rings is 1. The molecule has 0 spiro atoms. The maximum Gasteiger partial charge on any atom is 0.410 e. The molecule has 1 aliphatic heterocycles. The molecule has 0 aromatic heterocycles. The van der Waals surface area contributed by atoms with Gasteiger partial charge in [0.25, 0.3) is 0 Å². The molecule has 2 rings (SSSR count). The van der Waals surface area contributed by atoms with E-state index in [2.05, 4.69) is 4.74 Å². The van der Waals surface area contributed by atoms with Crippen LogP contribution in [0.1, 0.15) is 18.4 Å². The van der Waals surface area contributed by atoms with E-state index in [1.54, 1.807) is 4.90 Å². The SMILES string of the molecule is COC(=O)C(N)C1CCN(C(=O)OCc2ccccc2)CC1. The van der Waals surface area contributed by atoms with Gasteiger partial charge in [-0.25, -0.2) is 4.79 Å². The molecule has 2 N–H and O–H groups in total. The maximum atomic E-state index is 12.0. The average Bonchev–Trinajstić information content (AvgIpc) is 2.59. The van der Waals surface area contributed by atoms with Gasteiger partial charge in [-0.1, -0.05) is 30.3 Å². The van der Waals surface area contributed by atoms with Crippen molar-refractivity contribution >= 4 is 12.1 Å². The number of rotatable bonds is 4. The number of esters is 1. The Morgan fingerprint density at radius 1 is 1.27 bits per heavy atom. The second-order valence-electron chi connectivity index (χ2n) is 5.41. The largest absolute Gasteiger partial charge is 0.468 e. The first-order chi connectivity index (χ1) is 10.6. The van der Waals surface area contributed by atoms with Gasteiger partial charge in [0.05, 0.1) is 7.11 Å². The minimum Gasteiger partial charge on any atom is -0.468 e. The summed E-state index contributed by atoms with van der Waals surface area (Å²) in [6, 6.07) is 8.93. The molecule has 1 heterocycles. The first-order valence-corrected chi connectivity index (χ1v) is 7.41. The van der Waals surface area contributed by atoms with Crippen LogP contribution in [0.4, 0.5) is 4.79 Å². The maximum absolute atomic E-state index is 12.0. The van der Waals surface area contributed by atoms with E-state index in [-0.39, 0.29) is 18.6 Å². The van der Waals surface area contributed by atoms with Gasteiger partial charge in [-0.2, -0.15) is 0 Å². The molecule has 1 saturated heterocycles. The number of ether oxygens (including phenoxy) is 2. The molecule has 0 aliphatic carbocycles. The highest BCUT2D eigenvalue weighted by molar-refractivity contribution is 5.75. The van der Waals surface area contributed by atoms with E-state index in [4.69, 9.17) is 10.5 Å². The van der Waals surface area contributed by atoms with E-state index >= 15 is 0 Å². The summed E-state index contributed by atoms with van der Waals surface area (Å²) in [6.45, 7) is 1.35. The molecular weight excluding hydrogens is 284 g/mol. The second kappa shape index (κ2) is 7.79. The van der Waals surface area contributed by atoms with Crippen LogP contribution in [-0.4, -0.2) is 43.2 Å². The third-order valence-corrected chi connectivity index (χ3v) is 3.98. The molecule has 1 aromatic rings. The fraction of sp³-hybridized carbons (Fsp3) is 0.500. The molecule has 0 saturated carbocycles. The highest BCUT2D eigenvalue weighted by Gasteiger charge is 2.31. The van der Waals surface area contributed by atoms with Crippen LogP contribution < -0.4 is 5.73 Å². The number of carbonyl (C=O) groups excluding carboxylic acids is 2. The fourth-order valence-corrected chi connectivity index (χ4v) is 2.58. The van der Waals surface area contributed by atoms with Crippen molar-refractivity contribution in [3.8, 4) is 0 Å². The quantitative estimate of drug-likeness (QED) is 0.853. The molecule has 22 heavy (non-hydrogen) atoms. The molecule has 1 amide bonds. The number of likely N-dealkylation sites (tertiary alicyclic amines) is 1. The zero-order valence-corrected chi connectivity index (χ0v) is 12.7. The number of hydrogen-bond donors (Lipinski definition) is 1. The summed E-state index contributed by atoms with van der Waals surface area (Å²) in [5, 5.41) is 0. The third kappa shape index (κ3) is 4.21. The van der Waals surface area contributed by atoms with Crippen molar-refractivity contribution in [2.45, 2.75) is 25.5 Å². The first-order valence-electron chi connectivity index (χ1n) is 7.41. The zero-order chi connectivity index (χ0) is 15.9. The Labute approximate surface area is 130 Å². The van der Waals surface area contributed by atoms with Crippen molar-refractivity contribution in [2.24, 2.45) is 11.7 Å². The fourth-order valence-electron chi connectivity index (χ4n) is 2.58. The van der Waals surface area contributed by atoms with Crippen LogP contribution in [-0.2, 0) is 20.9 Å². The summed E-state index contributed by atoms with van der Waals surface area (Å²) in [7, 11) is 1.33. The molecule has 1 aromatic carbocycles. The lowest BCUT2D eigenvalue weighted by Gasteiger charge is -2.33. The van der Waals surface area contributed by atoms with Crippen molar-refractivity contribution in [1.29, 1.82) is 0 Å². The highest BCUT2D eigenvalue weighted by atomic mass is 16.6. The Kier molecular flexibility index (Phi) is 5.77. The van der Waals surface area contributed by atoms with Crippen LogP contribution in [0.15, 0.2) is 30.3 Å². The van der Waals surface area contributed by atoms with Crippen molar-refractivity contribution in [1.82, 2.24) is 4.90 Å². The van der Waals surface area contributed by atoms with E-state index in [0.29, 0.717) is 25.9 Å². The summed E-state index contributed by atoms with van der Waals surface area (Å²) in [4.78, 5) is 25.1. The molecular formula is C16H22N2O4. The third-order valence-electron chi connectivity index (χ3n) is 3.98. The highest BCUT2D eigenvalue weighted by Crippen LogP contribution is 2.21. The number of nitrogens with two attached hydrogens (primary N) is 1. The van der Waals surface area contributed by atoms with Gasteiger partial charge >= 0.3 is 12.1 Å². The monoisotopic (exact) mass is 306 g/mol. The van der Waals surface area contributed by atoms with Gasteiger partial charge in [0.2, 0.25) is 0 Å².